The van der Waals surface area contributed by atoms with Crippen molar-refractivity contribution in [3.63, 3.8) is 0 Å². The lowest BCUT2D eigenvalue weighted by Gasteiger charge is -2.40. The Morgan fingerprint density at radius 3 is 2.73 bits per heavy atom. The summed E-state index contributed by atoms with van der Waals surface area (Å²) in [5.74, 6) is 0. The van der Waals surface area contributed by atoms with Crippen LogP contribution in [0.25, 0.3) is 0 Å². The molecule has 0 bridgehead atoms. The van der Waals surface area contributed by atoms with Gasteiger partial charge >= 0.3 is 0 Å². The third-order valence-corrected chi connectivity index (χ3v) is 4.12. The predicted molar refractivity (Wildman–Crippen MR) is 86.5 cm³/mol. The van der Waals surface area contributed by atoms with E-state index in [0.29, 0.717) is 12.6 Å². The molecule has 0 aliphatic carbocycles. The molecule has 5 nitrogen and oxygen atoms in total. The maximum Gasteiger partial charge on any atom is 0.0793 e. The van der Waals surface area contributed by atoms with Crippen molar-refractivity contribution in [2.24, 2.45) is 0 Å². The second kappa shape index (κ2) is 7.05. The van der Waals surface area contributed by atoms with Crippen LogP contribution in [0, 0.1) is 0 Å². The van der Waals surface area contributed by atoms with E-state index >= 15 is 0 Å². The summed E-state index contributed by atoms with van der Waals surface area (Å²) in [6.45, 7) is 4.24. The van der Waals surface area contributed by atoms with Crippen molar-refractivity contribution in [3.8, 4) is 0 Å². The van der Waals surface area contributed by atoms with Gasteiger partial charge in [0.05, 0.1) is 12.1 Å². The van der Waals surface area contributed by atoms with Crippen molar-refractivity contribution in [2.45, 2.75) is 18.7 Å². The van der Waals surface area contributed by atoms with E-state index in [-0.39, 0.29) is 6.10 Å². The summed E-state index contributed by atoms with van der Waals surface area (Å²) in [4.78, 5) is 4.46. The third kappa shape index (κ3) is 3.94. The van der Waals surface area contributed by atoms with E-state index in [1.807, 2.05) is 29.2 Å². The first-order valence-corrected chi connectivity index (χ1v) is 7.83. The van der Waals surface area contributed by atoms with Gasteiger partial charge in [0, 0.05) is 45.1 Å². The first kappa shape index (κ1) is 15.2. The molecule has 1 aromatic carbocycles. The van der Waals surface area contributed by atoms with Crippen molar-refractivity contribution in [2.75, 3.05) is 33.2 Å². The molecule has 22 heavy (non-hydrogen) atoms. The Bertz CT molecular complexity index is 551. The van der Waals surface area contributed by atoms with Gasteiger partial charge in [0.25, 0.3) is 0 Å². The third-order valence-electron chi connectivity index (χ3n) is 4.12. The molecule has 1 atom stereocenters. The Hall–Kier alpha value is -1.69. The number of rotatable bonds is 7. The monoisotopic (exact) mass is 300 g/mol. The lowest BCUT2D eigenvalue weighted by molar-refractivity contribution is 0.0269. The number of hydrogen-bond acceptors (Lipinski definition) is 4. The van der Waals surface area contributed by atoms with Crippen LogP contribution in [0.3, 0.4) is 0 Å². The van der Waals surface area contributed by atoms with Gasteiger partial charge in [0.2, 0.25) is 0 Å². The Labute approximate surface area is 131 Å². The highest BCUT2D eigenvalue weighted by Gasteiger charge is 2.29. The minimum absolute atomic E-state index is 0.313. The van der Waals surface area contributed by atoms with Crippen LogP contribution in [-0.4, -0.2) is 64.0 Å². The van der Waals surface area contributed by atoms with Crippen molar-refractivity contribution in [1.82, 2.24) is 19.6 Å². The number of aromatic nitrogens is 2. The summed E-state index contributed by atoms with van der Waals surface area (Å²) in [6, 6.07) is 12.8. The van der Waals surface area contributed by atoms with Gasteiger partial charge in [0.1, 0.15) is 0 Å². The second-order valence-electron chi connectivity index (χ2n) is 6.19. The Morgan fingerprint density at radius 1 is 1.27 bits per heavy atom. The summed E-state index contributed by atoms with van der Waals surface area (Å²) in [5, 5.41) is 14.5. The number of likely N-dealkylation sites (N-methyl/N-ethyl adjacent to an activating group) is 1. The number of nitrogens with zero attached hydrogens (tertiary/aromatic N) is 4. The number of aliphatic hydroxyl groups is 1. The number of β-amino-alcohol motifs (C(OH)–C–C–N with tert-alkyl or cyclic N) is 1. The van der Waals surface area contributed by atoms with E-state index in [9.17, 15) is 5.11 Å². The van der Waals surface area contributed by atoms with E-state index < -0.39 is 0 Å². The molecule has 0 saturated carbocycles. The SMILES string of the molecule is CN(Cc1ccccc1)C[C@H](O)CN1CC(n2cccn2)C1. The Morgan fingerprint density at radius 2 is 2.05 bits per heavy atom. The molecule has 0 unspecified atom stereocenters. The molecule has 1 saturated heterocycles. The number of aliphatic hydroxyl groups excluding tert-OH is 1. The first-order chi connectivity index (χ1) is 10.7. The largest absolute Gasteiger partial charge is 0.390 e. The Balaban J connectivity index is 1.37. The molecular weight excluding hydrogens is 276 g/mol. The molecule has 0 radical (unpaired) electrons. The average Bonchev–Trinajstić information content (AvgIpc) is 2.97. The van der Waals surface area contributed by atoms with Crippen molar-refractivity contribution in [1.29, 1.82) is 0 Å². The van der Waals surface area contributed by atoms with Crippen LogP contribution in [0.2, 0.25) is 0 Å². The average molecular weight is 300 g/mol. The molecule has 0 amide bonds. The smallest absolute Gasteiger partial charge is 0.0793 e. The molecule has 5 heteroatoms. The van der Waals surface area contributed by atoms with Gasteiger partial charge in [0.15, 0.2) is 0 Å². The Kier molecular flexibility index (Phi) is 4.87. The van der Waals surface area contributed by atoms with Crippen LogP contribution < -0.4 is 0 Å². The highest BCUT2D eigenvalue weighted by Crippen LogP contribution is 2.20. The normalized spacial score (nSPS) is 17.6. The first-order valence-electron chi connectivity index (χ1n) is 7.83. The quantitative estimate of drug-likeness (QED) is 0.835. The van der Waals surface area contributed by atoms with Gasteiger partial charge in [-0.3, -0.25) is 14.5 Å². The molecule has 3 rings (SSSR count). The summed E-state index contributed by atoms with van der Waals surface area (Å²) in [7, 11) is 2.05. The van der Waals surface area contributed by atoms with E-state index in [0.717, 1.165) is 26.2 Å². The fourth-order valence-electron chi connectivity index (χ4n) is 3.03. The number of benzene rings is 1. The van der Waals surface area contributed by atoms with Gasteiger partial charge < -0.3 is 5.11 Å². The van der Waals surface area contributed by atoms with Crippen molar-refractivity contribution < 1.29 is 5.11 Å². The molecular formula is C17H24N4O. The molecule has 2 aromatic rings. The zero-order valence-electron chi connectivity index (χ0n) is 13.0. The number of hydrogen-bond donors (Lipinski definition) is 1. The standard InChI is InChI=1S/C17H24N4O/c1-19(10-15-6-3-2-4-7-15)13-17(22)14-20-11-16(12-20)21-9-5-8-18-21/h2-9,16-17,22H,10-14H2,1H3/t17-/m0/s1. The summed E-state index contributed by atoms with van der Waals surface area (Å²) in [5.41, 5.74) is 1.28. The van der Waals surface area contributed by atoms with Crippen molar-refractivity contribution in [3.05, 3.63) is 54.4 Å². The van der Waals surface area contributed by atoms with Crippen LogP contribution in [0.4, 0.5) is 0 Å². The van der Waals surface area contributed by atoms with Crippen LogP contribution in [0.1, 0.15) is 11.6 Å². The van der Waals surface area contributed by atoms with Gasteiger partial charge in [-0.25, -0.2) is 0 Å². The summed E-state index contributed by atoms with van der Waals surface area (Å²) >= 11 is 0. The summed E-state index contributed by atoms with van der Waals surface area (Å²) < 4.78 is 2.00. The molecule has 1 fully saturated rings. The zero-order chi connectivity index (χ0) is 15.4. The number of likely N-dealkylation sites (tertiary alicyclic amines) is 1. The van der Waals surface area contributed by atoms with Crippen LogP contribution in [0.5, 0.6) is 0 Å². The van der Waals surface area contributed by atoms with Gasteiger partial charge in [-0.15, -0.1) is 0 Å². The van der Waals surface area contributed by atoms with Gasteiger partial charge in [-0.1, -0.05) is 30.3 Å². The maximum atomic E-state index is 10.2. The van der Waals surface area contributed by atoms with E-state index in [2.05, 4.69) is 46.2 Å². The van der Waals surface area contributed by atoms with Gasteiger partial charge in [-0.2, -0.15) is 5.10 Å². The van der Waals surface area contributed by atoms with Gasteiger partial charge in [-0.05, 0) is 18.7 Å². The fourth-order valence-corrected chi connectivity index (χ4v) is 3.03. The van der Waals surface area contributed by atoms with Crippen molar-refractivity contribution >= 4 is 0 Å². The zero-order valence-corrected chi connectivity index (χ0v) is 13.0. The molecule has 0 spiro atoms. The second-order valence-corrected chi connectivity index (χ2v) is 6.19. The summed E-state index contributed by atoms with van der Waals surface area (Å²) in [6.07, 6.45) is 3.51. The van der Waals surface area contributed by atoms with Crippen LogP contribution in [0.15, 0.2) is 48.8 Å². The molecule has 1 aromatic heterocycles. The highest BCUT2D eigenvalue weighted by molar-refractivity contribution is 5.14. The minimum Gasteiger partial charge on any atom is -0.390 e. The lowest BCUT2D eigenvalue weighted by Crippen LogP contribution is -2.51. The molecule has 1 aliphatic rings. The maximum absolute atomic E-state index is 10.2. The highest BCUT2D eigenvalue weighted by atomic mass is 16.3. The minimum atomic E-state index is -0.313. The lowest BCUT2D eigenvalue weighted by atomic mass is 10.1. The van der Waals surface area contributed by atoms with E-state index in [1.165, 1.54) is 5.56 Å². The van der Waals surface area contributed by atoms with Crippen LogP contribution in [-0.2, 0) is 6.54 Å². The van der Waals surface area contributed by atoms with Crippen LogP contribution >= 0.6 is 0 Å². The van der Waals surface area contributed by atoms with E-state index in [1.54, 1.807) is 0 Å². The predicted octanol–water partition coefficient (Wildman–Crippen LogP) is 1.23. The topological polar surface area (TPSA) is 44.5 Å². The molecule has 1 N–H and O–H groups in total. The molecule has 2 heterocycles. The van der Waals surface area contributed by atoms with E-state index in [4.69, 9.17) is 0 Å². The molecule has 118 valence electrons. The fraction of sp³-hybridized carbons (Fsp3) is 0.471. The molecule has 1 aliphatic heterocycles.